The van der Waals surface area contributed by atoms with E-state index in [4.69, 9.17) is 14.4 Å². The summed E-state index contributed by atoms with van der Waals surface area (Å²) < 4.78 is 8.56. The third-order valence-electron chi connectivity index (χ3n) is 12.1. The van der Waals surface area contributed by atoms with Crippen molar-refractivity contribution in [2.75, 3.05) is 0 Å². The smallest absolute Gasteiger partial charge is 0.149 e. The molecule has 0 spiro atoms. The molecule has 6 heteroatoms. The third kappa shape index (κ3) is 5.08. The van der Waals surface area contributed by atoms with Crippen LogP contribution < -0.4 is 0 Å². The minimum atomic E-state index is -0.230. The average molecular weight is 890 g/mol. The molecule has 0 bridgehead atoms. The summed E-state index contributed by atoms with van der Waals surface area (Å²) in [5.41, 5.74) is 11.2. The van der Waals surface area contributed by atoms with Gasteiger partial charge in [-0.3, -0.25) is 9.55 Å². The van der Waals surface area contributed by atoms with Crippen molar-refractivity contribution in [1.82, 2.24) is 14.5 Å². The van der Waals surface area contributed by atoms with Crippen molar-refractivity contribution >= 4 is 32.7 Å². The van der Waals surface area contributed by atoms with Crippen molar-refractivity contribution in [2.45, 2.75) is 78.1 Å². The second-order valence-electron chi connectivity index (χ2n) is 16.3. The van der Waals surface area contributed by atoms with Crippen molar-refractivity contribution in [3.05, 3.63) is 132 Å². The summed E-state index contributed by atoms with van der Waals surface area (Å²) in [6, 6.07) is 36.7. The third-order valence-corrected chi connectivity index (χ3v) is 12.1. The van der Waals surface area contributed by atoms with Gasteiger partial charge in [-0.15, -0.1) is 35.4 Å². The van der Waals surface area contributed by atoms with E-state index in [1.165, 1.54) is 27.6 Å². The fourth-order valence-corrected chi connectivity index (χ4v) is 8.74. The molecule has 0 atom stereocenters. The molecular weight excluding hydrogens is 846 g/mol. The Kier molecular flexibility index (Phi) is 8.54. The summed E-state index contributed by atoms with van der Waals surface area (Å²) >= 11 is 0. The number of hydrogen-bond donors (Lipinski definition) is 1. The van der Waals surface area contributed by atoms with Crippen molar-refractivity contribution in [3.63, 3.8) is 0 Å². The average Bonchev–Trinajstić information content (AvgIpc) is 3.75. The molecule has 1 aliphatic rings. The van der Waals surface area contributed by atoms with Gasteiger partial charge in [0.1, 0.15) is 28.4 Å². The van der Waals surface area contributed by atoms with Crippen molar-refractivity contribution in [2.24, 2.45) is 0 Å². The number of pyridine rings is 1. The minimum absolute atomic E-state index is 0. The molecule has 0 aliphatic heterocycles. The Hall–Kier alpha value is -4.99. The number of rotatable bonds is 5. The second kappa shape index (κ2) is 12.8. The van der Waals surface area contributed by atoms with E-state index in [9.17, 15) is 5.11 Å². The van der Waals surface area contributed by atoms with Crippen LogP contribution in [-0.4, -0.2) is 19.6 Å². The van der Waals surface area contributed by atoms with E-state index in [-0.39, 0.29) is 49.5 Å². The molecular formula is C48H44N3O2Pt-. The van der Waals surface area contributed by atoms with Gasteiger partial charge in [0, 0.05) is 43.4 Å². The zero-order valence-electron chi connectivity index (χ0n) is 32.0. The standard InChI is InChI=1S/C48H44N3O2.Pt/c1-27(2)29-20-15-21-30(28(3)4)45(29)51-26-36(49-46(51)41-37(52)24-25-39-40(41)34-19-12-14-23-38(34)53-39)43-32-17-10-9-16-31(32)42-44(50-43)33-18-11-13-22-35(33)47(5,6)48(42,7)8;/h9-17,19-28,52H,1-8H3;/q-1;. The van der Waals surface area contributed by atoms with Crippen LogP contribution in [0.1, 0.15) is 89.5 Å². The Balaban J connectivity index is 0.00000413. The maximum absolute atomic E-state index is 11.9. The quantitative estimate of drug-likeness (QED) is 0.175. The van der Waals surface area contributed by atoms with Gasteiger partial charge in [-0.25, -0.2) is 4.98 Å². The van der Waals surface area contributed by atoms with E-state index in [2.05, 4.69) is 133 Å². The summed E-state index contributed by atoms with van der Waals surface area (Å²) in [6.07, 6.45) is 2.14. The van der Waals surface area contributed by atoms with Gasteiger partial charge in [0.2, 0.25) is 0 Å². The van der Waals surface area contributed by atoms with Gasteiger partial charge in [0.15, 0.2) is 0 Å². The number of para-hydroxylation sites is 2. The molecule has 0 radical (unpaired) electrons. The topological polar surface area (TPSA) is 64.1 Å². The first kappa shape index (κ1) is 36.0. The maximum atomic E-state index is 11.9. The number of aromatic hydroxyl groups is 1. The van der Waals surface area contributed by atoms with E-state index in [0.29, 0.717) is 17.0 Å². The number of fused-ring (bicyclic) bond motifs is 8. The number of aromatic nitrogens is 3. The fourth-order valence-electron chi connectivity index (χ4n) is 8.74. The van der Waals surface area contributed by atoms with Crippen LogP contribution in [0.2, 0.25) is 0 Å². The van der Waals surface area contributed by atoms with Gasteiger partial charge >= 0.3 is 0 Å². The first-order chi connectivity index (χ1) is 25.4. The summed E-state index contributed by atoms with van der Waals surface area (Å²) in [7, 11) is 0. The van der Waals surface area contributed by atoms with Crippen LogP contribution in [-0.2, 0) is 31.9 Å². The Morgan fingerprint density at radius 1 is 0.685 bits per heavy atom. The van der Waals surface area contributed by atoms with Crippen LogP contribution in [0, 0.1) is 6.07 Å². The normalized spacial score (nSPS) is 14.5. The monoisotopic (exact) mass is 889 g/mol. The summed E-state index contributed by atoms with van der Waals surface area (Å²) in [5.74, 6) is 1.26. The molecule has 0 saturated heterocycles. The molecule has 5 aromatic carbocycles. The van der Waals surface area contributed by atoms with E-state index in [1.807, 2.05) is 30.3 Å². The van der Waals surface area contributed by atoms with Gasteiger partial charge in [-0.2, -0.15) is 0 Å². The molecule has 9 rings (SSSR count). The first-order valence-electron chi connectivity index (χ1n) is 18.7. The van der Waals surface area contributed by atoms with Crippen molar-refractivity contribution in [3.8, 4) is 45.5 Å². The van der Waals surface area contributed by atoms with Crippen LogP contribution in [0.25, 0.3) is 72.4 Å². The predicted octanol–water partition coefficient (Wildman–Crippen LogP) is 12.6. The van der Waals surface area contributed by atoms with Gasteiger partial charge < -0.3 is 9.52 Å². The zero-order chi connectivity index (χ0) is 37.0. The summed E-state index contributed by atoms with van der Waals surface area (Å²) in [4.78, 5) is 11.1. The molecule has 0 amide bonds. The van der Waals surface area contributed by atoms with Crippen molar-refractivity contribution < 1.29 is 30.6 Å². The maximum Gasteiger partial charge on any atom is 0.149 e. The summed E-state index contributed by atoms with van der Waals surface area (Å²) in [6.45, 7) is 18.3. The van der Waals surface area contributed by atoms with Gasteiger partial charge in [-0.05, 0) is 63.1 Å². The number of phenolic OH excluding ortho intramolecular Hbond substituents is 1. The largest absolute Gasteiger partial charge is 0.507 e. The predicted molar refractivity (Wildman–Crippen MR) is 217 cm³/mol. The second-order valence-corrected chi connectivity index (χ2v) is 16.3. The Morgan fingerprint density at radius 2 is 1.35 bits per heavy atom. The fraction of sp³-hybridized carbons (Fsp3) is 0.250. The van der Waals surface area contributed by atoms with Crippen LogP contribution in [0.4, 0.5) is 0 Å². The molecule has 0 saturated carbocycles. The molecule has 0 unspecified atom stereocenters. The van der Waals surface area contributed by atoms with Crippen LogP contribution in [0.15, 0.2) is 108 Å². The molecule has 0 fully saturated rings. The zero-order valence-corrected chi connectivity index (χ0v) is 34.3. The molecule has 1 aliphatic carbocycles. The molecule has 3 heterocycles. The number of phenols is 1. The van der Waals surface area contributed by atoms with E-state index < -0.39 is 0 Å². The molecule has 5 nitrogen and oxygen atoms in total. The van der Waals surface area contributed by atoms with Crippen molar-refractivity contribution in [1.29, 1.82) is 0 Å². The number of imidazole rings is 1. The van der Waals surface area contributed by atoms with E-state index in [0.717, 1.165) is 50.1 Å². The Bertz CT molecular complexity index is 2740. The number of benzene rings is 5. The SMILES string of the molecule is CC(C)c1cccc(C(C)C)c1-n1cc(-c2nc3c(c4ccccc24)C(C)(C)C(C)(C)c2ccc[c-]c2-3)nc1-c1c(O)ccc2oc3ccccc3c12.[Pt]. The van der Waals surface area contributed by atoms with E-state index >= 15 is 0 Å². The van der Waals surface area contributed by atoms with Crippen LogP contribution >= 0.6 is 0 Å². The first-order valence-corrected chi connectivity index (χ1v) is 18.7. The molecule has 1 N–H and O–H groups in total. The Morgan fingerprint density at radius 3 is 2.06 bits per heavy atom. The number of nitrogens with zero attached hydrogens (tertiary/aromatic N) is 3. The van der Waals surface area contributed by atoms with Crippen LogP contribution in [0.3, 0.4) is 0 Å². The van der Waals surface area contributed by atoms with Crippen LogP contribution in [0.5, 0.6) is 5.75 Å². The molecule has 3 aromatic heterocycles. The van der Waals surface area contributed by atoms with Gasteiger partial charge in [0.25, 0.3) is 0 Å². The summed E-state index contributed by atoms with van der Waals surface area (Å²) in [5, 5.41) is 15.9. The molecule has 274 valence electrons. The number of hydrogen-bond acceptors (Lipinski definition) is 4. The Labute approximate surface area is 331 Å². The molecule has 8 aromatic rings. The molecule has 54 heavy (non-hydrogen) atoms. The van der Waals surface area contributed by atoms with E-state index in [1.54, 1.807) is 6.07 Å². The minimum Gasteiger partial charge on any atom is -0.507 e. The van der Waals surface area contributed by atoms with Gasteiger partial charge in [-0.1, -0.05) is 122 Å². The van der Waals surface area contributed by atoms with Gasteiger partial charge in [0.05, 0.1) is 16.9 Å². The number of furan rings is 1.